The van der Waals surface area contributed by atoms with Crippen molar-refractivity contribution in [2.45, 2.75) is 0 Å². The molecular formula is C11H7N3O3. The summed E-state index contributed by atoms with van der Waals surface area (Å²) in [6.07, 6.45) is 2.94. The SMILES string of the molecule is O=C(O)c1c[nH]c2c(nc3ccccn32)c1=O. The number of aromatic nitrogens is 3. The van der Waals surface area contributed by atoms with Gasteiger partial charge in [-0.2, -0.15) is 0 Å². The van der Waals surface area contributed by atoms with Gasteiger partial charge in [0.15, 0.2) is 5.52 Å². The molecular weight excluding hydrogens is 222 g/mol. The van der Waals surface area contributed by atoms with Crippen LogP contribution in [0, 0.1) is 0 Å². The van der Waals surface area contributed by atoms with Gasteiger partial charge in [-0.1, -0.05) is 6.07 Å². The number of H-pyrrole nitrogens is 1. The van der Waals surface area contributed by atoms with Gasteiger partial charge in [0, 0.05) is 12.4 Å². The summed E-state index contributed by atoms with van der Waals surface area (Å²) in [5.74, 6) is -1.26. The second kappa shape index (κ2) is 3.18. The van der Waals surface area contributed by atoms with Crippen LogP contribution in [-0.2, 0) is 0 Å². The Hall–Kier alpha value is -2.63. The summed E-state index contributed by atoms with van der Waals surface area (Å²) in [5, 5.41) is 8.85. The van der Waals surface area contributed by atoms with Crippen LogP contribution in [0.15, 0.2) is 35.4 Å². The summed E-state index contributed by atoms with van der Waals surface area (Å²) >= 11 is 0. The highest BCUT2D eigenvalue weighted by Gasteiger charge is 2.14. The molecule has 0 aliphatic rings. The van der Waals surface area contributed by atoms with E-state index in [1.807, 2.05) is 0 Å². The predicted octanol–water partition coefficient (Wildman–Crippen LogP) is 0.874. The number of hydrogen-bond acceptors (Lipinski definition) is 3. The van der Waals surface area contributed by atoms with Gasteiger partial charge < -0.3 is 10.1 Å². The van der Waals surface area contributed by atoms with Crippen molar-refractivity contribution < 1.29 is 9.90 Å². The van der Waals surface area contributed by atoms with Crippen LogP contribution in [0.25, 0.3) is 16.8 Å². The molecule has 0 amide bonds. The minimum absolute atomic E-state index is 0.135. The van der Waals surface area contributed by atoms with Crippen LogP contribution >= 0.6 is 0 Å². The molecule has 0 saturated heterocycles. The quantitative estimate of drug-likeness (QED) is 0.648. The van der Waals surface area contributed by atoms with Gasteiger partial charge >= 0.3 is 5.97 Å². The number of hydrogen-bond donors (Lipinski definition) is 2. The molecule has 0 aliphatic heterocycles. The summed E-state index contributed by atoms with van der Waals surface area (Å²) in [6.45, 7) is 0. The molecule has 0 aromatic carbocycles. The molecule has 3 aromatic rings. The molecule has 3 aromatic heterocycles. The Morgan fingerprint density at radius 3 is 3.00 bits per heavy atom. The third-order valence-corrected chi connectivity index (χ3v) is 2.57. The molecule has 6 heteroatoms. The van der Waals surface area contributed by atoms with Crippen molar-refractivity contribution in [2.24, 2.45) is 0 Å². The molecule has 3 heterocycles. The van der Waals surface area contributed by atoms with E-state index in [-0.39, 0.29) is 11.1 Å². The van der Waals surface area contributed by atoms with Gasteiger partial charge in [0.1, 0.15) is 16.9 Å². The van der Waals surface area contributed by atoms with Crippen molar-refractivity contribution in [3.8, 4) is 0 Å². The maximum Gasteiger partial charge on any atom is 0.341 e. The zero-order valence-electron chi connectivity index (χ0n) is 8.54. The number of nitrogens with zero attached hydrogens (tertiary/aromatic N) is 2. The second-order valence-electron chi connectivity index (χ2n) is 3.57. The van der Waals surface area contributed by atoms with Crippen molar-refractivity contribution in [3.63, 3.8) is 0 Å². The average molecular weight is 229 g/mol. The Morgan fingerprint density at radius 1 is 1.41 bits per heavy atom. The number of aromatic carboxylic acids is 1. The van der Waals surface area contributed by atoms with E-state index < -0.39 is 11.4 Å². The number of carboxylic acids is 1. The van der Waals surface area contributed by atoms with Crippen LogP contribution < -0.4 is 5.43 Å². The van der Waals surface area contributed by atoms with Gasteiger partial charge in [0.2, 0.25) is 5.43 Å². The molecule has 2 N–H and O–H groups in total. The van der Waals surface area contributed by atoms with E-state index in [1.165, 1.54) is 6.20 Å². The topological polar surface area (TPSA) is 87.5 Å². The van der Waals surface area contributed by atoms with Crippen LogP contribution in [0.3, 0.4) is 0 Å². The maximum absolute atomic E-state index is 11.9. The van der Waals surface area contributed by atoms with Crippen molar-refractivity contribution in [1.82, 2.24) is 14.4 Å². The van der Waals surface area contributed by atoms with E-state index in [1.54, 1.807) is 28.8 Å². The van der Waals surface area contributed by atoms with Crippen LogP contribution in [0.4, 0.5) is 0 Å². The van der Waals surface area contributed by atoms with Crippen LogP contribution in [0.5, 0.6) is 0 Å². The first-order chi connectivity index (χ1) is 8.18. The first kappa shape index (κ1) is 9.59. The summed E-state index contributed by atoms with van der Waals surface area (Å²) in [7, 11) is 0. The smallest absolute Gasteiger partial charge is 0.341 e. The van der Waals surface area contributed by atoms with E-state index in [2.05, 4.69) is 9.97 Å². The third-order valence-electron chi connectivity index (χ3n) is 2.57. The number of nitrogens with one attached hydrogen (secondary N) is 1. The Kier molecular flexibility index (Phi) is 1.79. The summed E-state index contributed by atoms with van der Waals surface area (Å²) in [5.41, 5.74) is 0.348. The molecule has 0 unspecified atom stereocenters. The molecule has 0 bridgehead atoms. The van der Waals surface area contributed by atoms with Gasteiger partial charge in [-0.15, -0.1) is 0 Å². The minimum atomic E-state index is -1.26. The molecule has 0 aliphatic carbocycles. The van der Waals surface area contributed by atoms with Gasteiger partial charge in [-0.25, -0.2) is 9.78 Å². The lowest BCUT2D eigenvalue weighted by Crippen LogP contribution is -2.15. The highest BCUT2D eigenvalue weighted by atomic mass is 16.4. The lowest BCUT2D eigenvalue weighted by molar-refractivity contribution is 0.0695. The number of pyridine rings is 2. The summed E-state index contributed by atoms with van der Waals surface area (Å²) in [4.78, 5) is 29.6. The third kappa shape index (κ3) is 1.24. The molecule has 0 fully saturated rings. The Labute approximate surface area is 94.2 Å². The molecule has 0 radical (unpaired) electrons. The van der Waals surface area contributed by atoms with Crippen LogP contribution in [0.1, 0.15) is 10.4 Å². The fourth-order valence-electron chi connectivity index (χ4n) is 1.78. The number of aromatic amines is 1. The van der Waals surface area contributed by atoms with Crippen molar-refractivity contribution in [1.29, 1.82) is 0 Å². The normalized spacial score (nSPS) is 11.1. The standard InChI is InChI=1S/C11H7N3O3/c15-9-6(11(16)17)5-12-10-8(9)13-7-3-1-2-4-14(7)10/h1-5H,(H,12,15)(H,16,17). The molecule has 84 valence electrons. The second-order valence-corrected chi connectivity index (χ2v) is 3.57. The van der Waals surface area contributed by atoms with E-state index in [9.17, 15) is 9.59 Å². The van der Waals surface area contributed by atoms with Gasteiger partial charge in [-0.05, 0) is 12.1 Å². The van der Waals surface area contributed by atoms with Crippen molar-refractivity contribution in [2.75, 3.05) is 0 Å². The summed E-state index contributed by atoms with van der Waals surface area (Å²) < 4.78 is 1.70. The lowest BCUT2D eigenvalue weighted by Gasteiger charge is -1.95. The molecule has 0 spiro atoms. The van der Waals surface area contributed by atoms with E-state index in [0.29, 0.717) is 11.3 Å². The van der Waals surface area contributed by atoms with Crippen molar-refractivity contribution in [3.05, 3.63) is 46.4 Å². The molecule has 0 saturated carbocycles. The van der Waals surface area contributed by atoms with E-state index >= 15 is 0 Å². The number of carbonyl (C=O) groups is 1. The summed E-state index contributed by atoms with van der Waals surface area (Å²) in [6, 6.07) is 5.34. The fourth-order valence-corrected chi connectivity index (χ4v) is 1.78. The predicted molar refractivity (Wildman–Crippen MR) is 60.3 cm³/mol. The Balaban J connectivity index is 2.53. The van der Waals surface area contributed by atoms with Gasteiger partial charge in [0.25, 0.3) is 0 Å². The lowest BCUT2D eigenvalue weighted by atomic mass is 10.2. The fraction of sp³-hybridized carbons (Fsp3) is 0. The highest BCUT2D eigenvalue weighted by Crippen LogP contribution is 2.11. The average Bonchev–Trinajstić information content (AvgIpc) is 2.69. The van der Waals surface area contributed by atoms with Crippen LogP contribution in [-0.4, -0.2) is 25.4 Å². The van der Waals surface area contributed by atoms with E-state index in [0.717, 1.165) is 0 Å². The maximum atomic E-state index is 11.9. The van der Waals surface area contributed by atoms with Crippen LogP contribution in [0.2, 0.25) is 0 Å². The van der Waals surface area contributed by atoms with E-state index in [4.69, 9.17) is 5.11 Å². The number of carboxylic acid groups (broad SMARTS) is 1. The zero-order valence-corrected chi connectivity index (χ0v) is 8.54. The number of imidazole rings is 1. The first-order valence-corrected chi connectivity index (χ1v) is 4.90. The largest absolute Gasteiger partial charge is 0.477 e. The van der Waals surface area contributed by atoms with Gasteiger partial charge in [-0.3, -0.25) is 9.20 Å². The minimum Gasteiger partial charge on any atom is -0.477 e. The zero-order chi connectivity index (χ0) is 12.0. The molecule has 17 heavy (non-hydrogen) atoms. The Morgan fingerprint density at radius 2 is 2.24 bits per heavy atom. The number of fused-ring (bicyclic) bond motifs is 3. The van der Waals surface area contributed by atoms with Gasteiger partial charge in [0.05, 0.1) is 0 Å². The highest BCUT2D eigenvalue weighted by molar-refractivity contribution is 5.91. The first-order valence-electron chi connectivity index (χ1n) is 4.90. The Bertz CT molecular complexity index is 800. The van der Waals surface area contributed by atoms with Crippen molar-refractivity contribution >= 4 is 22.8 Å². The molecule has 3 rings (SSSR count). The molecule has 6 nitrogen and oxygen atoms in total. The monoisotopic (exact) mass is 229 g/mol. The molecule has 0 atom stereocenters. The number of rotatable bonds is 1.